The number of aromatic nitrogens is 3. The summed E-state index contributed by atoms with van der Waals surface area (Å²) in [6.07, 6.45) is 3.68. The van der Waals surface area contributed by atoms with Crippen LogP contribution in [0.5, 0.6) is 0 Å². The van der Waals surface area contributed by atoms with Crippen LogP contribution in [0.1, 0.15) is 0 Å². The number of hydrogen-bond acceptors (Lipinski definition) is 4. The molecule has 11 rings (SSSR count). The molecule has 0 spiro atoms. The largest absolute Gasteiger partial charge is 0.456 e. The Morgan fingerprint density at radius 2 is 0.855 bits per heavy atom. The van der Waals surface area contributed by atoms with Crippen molar-refractivity contribution in [2.75, 3.05) is 0 Å². The van der Waals surface area contributed by atoms with Gasteiger partial charge in [0.25, 0.3) is 0 Å². The third-order valence-corrected chi connectivity index (χ3v) is 10.8. The van der Waals surface area contributed by atoms with Gasteiger partial charge in [0.1, 0.15) is 11.2 Å². The number of benzene rings is 8. The third kappa shape index (κ3) is 5.34. The number of rotatable bonds is 5. The molecule has 0 unspecified atom stereocenters. The summed E-state index contributed by atoms with van der Waals surface area (Å²) in [6, 6.07) is 62.0. The first-order valence-corrected chi connectivity index (χ1v) is 18.5. The van der Waals surface area contributed by atoms with Crippen LogP contribution in [0.4, 0.5) is 0 Å². The SMILES string of the molecule is c1cncc(-c2cccc(-c3nc(-c4ccc(-c5ccc6oc7ccccc7c6c5)cc4)cc(-c4ccc5c6ccccc6c6ccccc6c5c4)n3)c2)c1. The molecule has 4 nitrogen and oxygen atoms in total. The van der Waals surface area contributed by atoms with E-state index in [-0.39, 0.29) is 0 Å². The van der Waals surface area contributed by atoms with Crippen molar-refractivity contribution in [2.45, 2.75) is 0 Å². The number of para-hydroxylation sites is 1. The van der Waals surface area contributed by atoms with Crippen LogP contribution in [0.2, 0.25) is 0 Å². The number of furan rings is 1. The molecule has 11 aromatic rings. The van der Waals surface area contributed by atoms with Gasteiger partial charge in [-0.05, 0) is 91.5 Å². The molecular formula is C51H31N3O. The lowest BCUT2D eigenvalue weighted by atomic mass is 9.92. The van der Waals surface area contributed by atoms with Crippen LogP contribution in [0.3, 0.4) is 0 Å². The molecule has 0 radical (unpaired) electrons. The lowest BCUT2D eigenvalue weighted by Gasteiger charge is -2.13. The first-order valence-electron chi connectivity index (χ1n) is 18.5. The van der Waals surface area contributed by atoms with Crippen molar-refractivity contribution < 1.29 is 4.42 Å². The van der Waals surface area contributed by atoms with Crippen molar-refractivity contribution in [3.05, 3.63) is 188 Å². The van der Waals surface area contributed by atoms with Crippen LogP contribution in [-0.2, 0) is 0 Å². The van der Waals surface area contributed by atoms with Crippen LogP contribution in [0.15, 0.2) is 193 Å². The molecule has 0 aliphatic rings. The number of fused-ring (bicyclic) bond motifs is 9. The zero-order chi connectivity index (χ0) is 36.3. The Morgan fingerprint density at radius 3 is 1.60 bits per heavy atom. The summed E-state index contributed by atoms with van der Waals surface area (Å²) in [5, 5.41) is 9.67. The molecule has 0 fully saturated rings. The summed E-state index contributed by atoms with van der Waals surface area (Å²) in [6.45, 7) is 0. The standard InChI is InChI=1S/C51H31N3O/c1-2-14-41-39(12-1)40-13-3-4-15-42(40)45-29-36(22-24-43(41)45)48-30-47(53-51(54-48)37-10-7-9-34(27-37)38-11-8-26-52-31-38)33-20-18-32(19-21-33)35-23-25-50-46(28-35)44-16-5-6-17-49(44)55-50/h1-31H. The lowest BCUT2D eigenvalue weighted by Crippen LogP contribution is -1.96. The maximum Gasteiger partial charge on any atom is 0.160 e. The Morgan fingerprint density at radius 1 is 0.309 bits per heavy atom. The highest BCUT2D eigenvalue weighted by molar-refractivity contribution is 6.25. The molecule has 0 amide bonds. The summed E-state index contributed by atoms with van der Waals surface area (Å²) >= 11 is 0. The highest BCUT2D eigenvalue weighted by atomic mass is 16.3. The quantitative estimate of drug-likeness (QED) is 0.168. The molecular weight excluding hydrogens is 671 g/mol. The fraction of sp³-hybridized carbons (Fsp3) is 0. The van der Waals surface area contributed by atoms with Crippen molar-refractivity contribution in [3.8, 4) is 56.2 Å². The second kappa shape index (κ2) is 12.6. The second-order valence-corrected chi connectivity index (χ2v) is 14.0. The maximum absolute atomic E-state index is 6.09. The van der Waals surface area contributed by atoms with Gasteiger partial charge in [-0.15, -0.1) is 0 Å². The molecule has 0 atom stereocenters. The van der Waals surface area contributed by atoms with Gasteiger partial charge < -0.3 is 4.42 Å². The second-order valence-electron chi connectivity index (χ2n) is 14.0. The minimum absolute atomic E-state index is 0.670. The minimum atomic E-state index is 0.670. The van der Waals surface area contributed by atoms with E-state index in [0.29, 0.717) is 5.82 Å². The van der Waals surface area contributed by atoms with Crippen LogP contribution in [-0.4, -0.2) is 15.0 Å². The van der Waals surface area contributed by atoms with Crippen LogP contribution in [0, 0.1) is 0 Å². The molecule has 3 aromatic heterocycles. The fourth-order valence-corrected chi connectivity index (χ4v) is 8.05. The summed E-state index contributed by atoms with van der Waals surface area (Å²) in [5.41, 5.74) is 10.9. The zero-order valence-electron chi connectivity index (χ0n) is 29.6. The van der Waals surface area contributed by atoms with E-state index >= 15 is 0 Å². The minimum Gasteiger partial charge on any atom is -0.456 e. The zero-order valence-corrected chi connectivity index (χ0v) is 29.6. The summed E-state index contributed by atoms with van der Waals surface area (Å²) in [5.74, 6) is 0.670. The fourth-order valence-electron chi connectivity index (χ4n) is 8.05. The lowest BCUT2D eigenvalue weighted by molar-refractivity contribution is 0.669. The summed E-state index contributed by atoms with van der Waals surface area (Å²) in [7, 11) is 0. The van der Waals surface area contributed by atoms with Gasteiger partial charge in [-0.3, -0.25) is 4.98 Å². The smallest absolute Gasteiger partial charge is 0.160 e. The third-order valence-electron chi connectivity index (χ3n) is 10.8. The molecule has 4 heteroatoms. The number of nitrogens with zero attached hydrogens (tertiary/aromatic N) is 3. The van der Waals surface area contributed by atoms with Crippen molar-refractivity contribution >= 4 is 54.3 Å². The Kier molecular flexibility index (Phi) is 7.14. The Hall–Kier alpha value is -7.43. The number of hydrogen-bond donors (Lipinski definition) is 0. The molecule has 0 aliphatic carbocycles. The van der Waals surface area contributed by atoms with Gasteiger partial charge >= 0.3 is 0 Å². The predicted octanol–water partition coefficient (Wildman–Crippen LogP) is 13.6. The van der Waals surface area contributed by atoms with Crippen molar-refractivity contribution in [1.82, 2.24) is 15.0 Å². The summed E-state index contributed by atoms with van der Waals surface area (Å²) < 4.78 is 6.09. The van der Waals surface area contributed by atoms with Gasteiger partial charge in [0.2, 0.25) is 0 Å². The highest BCUT2D eigenvalue weighted by Gasteiger charge is 2.15. The van der Waals surface area contributed by atoms with Gasteiger partial charge in [-0.25, -0.2) is 9.97 Å². The van der Waals surface area contributed by atoms with Crippen molar-refractivity contribution in [2.24, 2.45) is 0 Å². The first-order chi connectivity index (χ1) is 27.2. The van der Waals surface area contributed by atoms with E-state index in [9.17, 15) is 0 Å². The normalized spacial score (nSPS) is 11.6. The maximum atomic E-state index is 6.09. The molecule has 0 aliphatic heterocycles. The Bertz CT molecular complexity index is 3220. The molecule has 3 heterocycles. The molecule has 0 bridgehead atoms. The topological polar surface area (TPSA) is 51.8 Å². The van der Waals surface area contributed by atoms with E-state index in [1.54, 1.807) is 6.20 Å². The summed E-state index contributed by atoms with van der Waals surface area (Å²) in [4.78, 5) is 14.8. The Labute approximate surface area is 317 Å². The van der Waals surface area contributed by atoms with Crippen LogP contribution in [0.25, 0.3) is 110 Å². The molecule has 0 N–H and O–H groups in total. The average Bonchev–Trinajstić information content (AvgIpc) is 3.65. The molecule has 0 saturated carbocycles. The molecule has 256 valence electrons. The molecule has 0 saturated heterocycles. The van der Waals surface area contributed by atoms with E-state index in [1.165, 1.54) is 32.3 Å². The first kappa shape index (κ1) is 31.1. The predicted molar refractivity (Wildman–Crippen MR) is 227 cm³/mol. The van der Waals surface area contributed by atoms with Crippen molar-refractivity contribution in [3.63, 3.8) is 0 Å². The van der Waals surface area contributed by atoms with Gasteiger partial charge in [0.05, 0.1) is 11.4 Å². The van der Waals surface area contributed by atoms with Gasteiger partial charge in [0.15, 0.2) is 5.82 Å². The van der Waals surface area contributed by atoms with Crippen molar-refractivity contribution in [1.29, 1.82) is 0 Å². The van der Waals surface area contributed by atoms with E-state index in [1.807, 2.05) is 24.4 Å². The molecule has 55 heavy (non-hydrogen) atoms. The number of pyridine rings is 1. The van der Waals surface area contributed by atoms with Crippen LogP contribution >= 0.6 is 0 Å². The average molecular weight is 702 g/mol. The van der Waals surface area contributed by atoms with Crippen LogP contribution < -0.4 is 0 Å². The van der Waals surface area contributed by atoms with E-state index in [2.05, 4.69) is 163 Å². The van der Waals surface area contributed by atoms with Gasteiger partial charge in [-0.1, -0.05) is 133 Å². The van der Waals surface area contributed by atoms with Gasteiger partial charge in [0, 0.05) is 45.4 Å². The van der Waals surface area contributed by atoms with E-state index in [0.717, 1.165) is 72.3 Å². The van der Waals surface area contributed by atoms with E-state index in [4.69, 9.17) is 14.4 Å². The highest BCUT2D eigenvalue weighted by Crippen LogP contribution is 2.38. The molecule has 8 aromatic carbocycles. The van der Waals surface area contributed by atoms with Gasteiger partial charge in [-0.2, -0.15) is 0 Å². The Balaban J connectivity index is 1.06. The monoisotopic (exact) mass is 701 g/mol. The van der Waals surface area contributed by atoms with E-state index < -0.39 is 0 Å².